The van der Waals surface area contributed by atoms with Crippen LogP contribution in [-0.2, 0) is 6.54 Å². The fraction of sp³-hybridized carbons (Fsp3) is 0.111. The lowest BCUT2D eigenvalue weighted by Crippen LogP contribution is -2.23. The third-order valence-electron chi connectivity index (χ3n) is 3.55. The van der Waals surface area contributed by atoms with Gasteiger partial charge >= 0.3 is 0 Å². The van der Waals surface area contributed by atoms with E-state index in [2.05, 4.69) is 26.6 Å². The highest BCUT2D eigenvalue weighted by molar-refractivity contribution is 9.10. The molecule has 8 heteroatoms. The Morgan fingerprint density at radius 3 is 2.77 bits per heavy atom. The Hall–Kier alpha value is -2.45. The van der Waals surface area contributed by atoms with Crippen molar-refractivity contribution in [2.75, 3.05) is 5.32 Å². The number of aryl methyl sites for hydroxylation is 1. The lowest BCUT2D eigenvalue weighted by molar-refractivity contribution is 0.0952. The molecule has 5 nitrogen and oxygen atoms in total. The number of thiophene rings is 1. The molecule has 26 heavy (non-hydrogen) atoms. The molecule has 0 fully saturated rings. The molecule has 0 aliphatic carbocycles. The second kappa shape index (κ2) is 7.84. The first-order valence-electron chi connectivity index (χ1n) is 7.61. The predicted octanol–water partition coefficient (Wildman–Crippen LogP) is 4.73. The van der Waals surface area contributed by atoms with Crippen molar-refractivity contribution in [2.45, 2.75) is 13.5 Å². The molecule has 2 aromatic heterocycles. The number of hydrogen-bond donors (Lipinski definition) is 2. The van der Waals surface area contributed by atoms with Crippen LogP contribution in [0.3, 0.4) is 0 Å². The summed E-state index contributed by atoms with van der Waals surface area (Å²) in [6, 6.07) is 9.43. The first-order valence-corrected chi connectivity index (χ1v) is 9.22. The van der Waals surface area contributed by atoms with Crippen LogP contribution in [0.4, 0.5) is 9.39 Å². The van der Waals surface area contributed by atoms with E-state index in [0.29, 0.717) is 15.4 Å². The van der Waals surface area contributed by atoms with Crippen LogP contribution in [-0.4, -0.2) is 11.8 Å². The SMILES string of the molecule is Cc1cc(NC(=O)c2ccco2)sc1C(=O)NCc1cc(Br)ccc1F. The van der Waals surface area contributed by atoms with Gasteiger partial charge in [0.2, 0.25) is 0 Å². The van der Waals surface area contributed by atoms with E-state index in [1.165, 1.54) is 12.3 Å². The highest BCUT2D eigenvalue weighted by atomic mass is 79.9. The van der Waals surface area contributed by atoms with E-state index >= 15 is 0 Å². The smallest absolute Gasteiger partial charge is 0.291 e. The Morgan fingerprint density at radius 2 is 2.04 bits per heavy atom. The van der Waals surface area contributed by atoms with Crippen molar-refractivity contribution in [3.63, 3.8) is 0 Å². The summed E-state index contributed by atoms with van der Waals surface area (Å²) in [5.41, 5.74) is 1.10. The molecule has 2 amide bonds. The summed E-state index contributed by atoms with van der Waals surface area (Å²) in [5, 5.41) is 5.92. The molecular formula is C18H14BrFN2O3S. The average Bonchev–Trinajstić information content (AvgIpc) is 3.25. The molecule has 0 unspecified atom stereocenters. The maximum Gasteiger partial charge on any atom is 0.291 e. The molecule has 0 aliphatic heterocycles. The van der Waals surface area contributed by atoms with Crippen LogP contribution in [0.2, 0.25) is 0 Å². The van der Waals surface area contributed by atoms with Gasteiger partial charge in [-0.05, 0) is 48.9 Å². The van der Waals surface area contributed by atoms with E-state index in [4.69, 9.17) is 4.42 Å². The predicted molar refractivity (Wildman–Crippen MR) is 101 cm³/mol. The molecule has 0 atom stereocenters. The van der Waals surface area contributed by atoms with Gasteiger partial charge in [-0.25, -0.2) is 4.39 Å². The van der Waals surface area contributed by atoms with E-state index in [0.717, 1.165) is 21.4 Å². The second-order valence-corrected chi connectivity index (χ2v) is 7.44. The van der Waals surface area contributed by atoms with Crippen molar-refractivity contribution in [1.82, 2.24) is 5.32 Å². The number of hydrogen-bond acceptors (Lipinski definition) is 4. The van der Waals surface area contributed by atoms with Gasteiger partial charge in [-0.1, -0.05) is 15.9 Å². The highest BCUT2D eigenvalue weighted by Crippen LogP contribution is 2.27. The van der Waals surface area contributed by atoms with Crippen LogP contribution in [0.1, 0.15) is 31.4 Å². The highest BCUT2D eigenvalue weighted by Gasteiger charge is 2.17. The lowest BCUT2D eigenvalue weighted by atomic mass is 10.2. The maximum absolute atomic E-state index is 13.8. The minimum absolute atomic E-state index is 0.0650. The molecule has 0 spiro atoms. The molecule has 134 valence electrons. The number of amides is 2. The third-order valence-corrected chi connectivity index (χ3v) is 5.20. The van der Waals surface area contributed by atoms with Crippen molar-refractivity contribution in [3.8, 4) is 0 Å². The molecule has 0 saturated heterocycles. The fourth-order valence-electron chi connectivity index (χ4n) is 2.28. The first-order chi connectivity index (χ1) is 12.4. The summed E-state index contributed by atoms with van der Waals surface area (Å²) in [4.78, 5) is 24.9. The van der Waals surface area contributed by atoms with Gasteiger partial charge in [0, 0.05) is 16.6 Å². The van der Waals surface area contributed by atoms with Gasteiger partial charge in [-0.3, -0.25) is 9.59 Å². The summed E-state index contributed by atoms with van der Waals surface area (Å²) < 4.78 is 19.5. The number of anilines is 1. The number of carbonyl (C=O) groups excluding carboxylic acids is 2. The molecule has 2 heterocycles. The number of carbonyl (C=O) groups is 2. The topological polar surface area (TPSA) is 71.3 Å². The first kappa shape index (κ1) is 18.3. The number of rotatable bonds is 5. The lowest BCUT2D eigenvalue weighted by Gasteiger charge is -2.06. The van der Waals surface area contributed by atoms with Crippen LogP contribution < -0.4 is 10.6 Å². The normalized spacial score (nSPS) is 10.6. The van der Waals surface area contributed by atoms with E-state index in [1.54, 1.807) is 37.3 Å². The van der Waals surface area contributed by atoms with Gasteiger partial charge in [-0.2, -0.15) is 0 Å². The Balaban J connectivity index is 1.67. The van der Waals surface area contributed by atoms with Crippen molar-refractivity contribution < 1.29 is 18.4 Å². The van der Waals surface area contributed by atoms with Crippen LogP contribution in [0.5, 0.6) is 0 Å². The van der Waals surface area contributed by atoms with E-state index < -0.39 is 0 Å². The van der Waals surface area contributed by atoms with Crippen LogP contribution in [0.25, 0.3) is 0 Å². The van der Waals surface area contributed by atoms with Gasteiger partial charge in [-0.15, -0.1) is 11.3 Å². The van der Waals surface area contributed by atoms with Gasteiger partial charge in [0.05, 0.1) is 16.1 Å². The maximum atomic E-state index is 13.8. The Kier molecular flexibility index (Phi) is 5.53. The molecule has 1 aromatic carbocycles. The molecule has 2 N–H and O–H groups in total. The second-order valence-electron chi connectivity index (χ2n) is 5.47. The number of furan rings is 1. The minimum atomic E-state index is -0.389. The average molecular weight is 437 g/mol. The van der Waals surface area contributed by atoms with Crippen LogP contribution >= 0.6 is 27.3 Å². The number of halogens is 2. The Morgan fingerprint density at radius 1 is 1.23 bits per heavy atom. The van der Waals surface area contributed by atoms with Crippen molar-refractivity contribution in [3.05, 3.63) is 74.7 Å². The van der Waals surface area contributed by atoms with Gasteiger partial charge < -0.3 is 15.1 Å². The standard InChI is InChI=1S/C18H14BrFN2O3S/c1-10-7-15(22-17(23)14-3-2-6-25-14)26-16(10)18(24)21-9-11-8-12(19)4-5-13(11)20/h2-8H,9H2,1H3,(H,21,24)(H,22,23). The Labute approximate surface area is 161 Å². The van der Waals surface area contributed by atoms with Crippen LogP contribution in [0.15, 0.2) is 51.6 Å². The molecule has 0 bridgehead atoms. The monoisotopic (exact) mass is 436 g/mol. The molecule has 3 rings (SSSR count). The van der Waals surface area contributed by atoms with E-state index in [9.17, 15) is 14.0 Å². The zero-order valence-electron chi connectivity index (χ0n) is 13.6. The molecule has 0 saturated carbocycles. The summed E-state index contributed by atoms with van der Waals surface area (Å²) in [6.45, 7) is 1.84. The van der Waals surface area contributed by atoms with Crippen LogP contribution in [0, 0.1) is 12.7 Å². The van der Waals surface area contributed by atoms with Crippen molar-refractivity contribution >= 4 is 44.1 Å². The minimum Gasteiger partial charge on any atom is -0.459 e. The molecule has 0 radical (unpaired) electrons. The number of benzene rings is 1. The Bertz CT molecular complexity index is 954. The summed E-state index contributed by atoms with van der Waals surface area (Å²) in [7, 11) is 0. The number of nitrogens with one attached hydrogen (secondary N) is 2. The third kappa shape index (κ3) is 4.20. The zero-order chi connectivity index (χ0) is 18.7. The van der Waals surface area contributed by atoms with Gasteiger partial charge in [0.15, 0.2) is 5.76 Å². The molecule has 3 aromatic rings. The van der Waals surface area contributed by atoms with E-state index in [1.807, 2.05) is 0 Å². The van der Waals surface area contributed by atoms with Crippen molar-refractivity contribution in [1.29, 1.82) is 0 Å². The van der Waals surface area contributed by atoms with Gasteiger partial charge in [0.25, 0.3) is 11.8 Å². The molecule has 0 aliphatic rings. The zero-order valence-corrected chi connectivity index (χ0v) is 16.0. The van der Waals surface area contributed by atoms with E-state index in [-0.39, 0.29) is 29.9 Å². The quantitative estimate of drug-likeness (QED) is 0.606. The van der Waals surface area contributed by atoms with Gasteiger partial charge in [0.1, 0.15) is 5.82 Å². The summed E-state index contributed by atoms with van der Waals surface area (Å²) in [6.07, 6.45) is 1.41. The summed E-state index contributed by atoms with van der Waals surface area (Å²) in [5.74, 6) is -0.917. The summed E-state index contributed by atoms with van der Waals surface area (Å²) >= 11 is 4.42. The fourth-order valence-corrected chi connectivity index (χ4v) is 3.68. The van der Waals surface area contributed by atoms with Crippen molar-refractivity contribution in [2.24, 2.45) is 0 Å². The molecular weight excluding hydrogens is 423 g/mol. The largest absolute Gasteiger partial charge is 0.459 e.